The molecule has 17 heavy (non-hydrogen) atoms. The third kappa shape index (κ3) is 2.30. The van der Waals surface area contributed by atoms with Crippen LogP contribution in [0.5, 0.6) is 5.75 Å². The van der Waals surface area contributed by atoms with Gasteiger partial charge in [0.25, 0.3) is 0 Å². The Morgan fingerprint density at radius 1 is 1.18 bits per heavy atom. The summed E-state index contributed by atoms with van der Waals surface area (Å²) in [6, 6.07) is 10.3. The van der Waals surface area contributed by atoms with Gasteiger partial charge < -0.3 is 14.8 Å². The Labute approximate surface area is 98.8 Å². The zero-order valence-corrected chi connectivity index (χ0v) is 9.42. The fraction of sp³-hybridized carbons (Fsp3) is 0.154. The Morgan fingerprint density at radius 2 is 1.82 bits per heavy atom. The van der Waals surface area contributed by atoms with Crippen LogP contribution in [0.3, 0.4) is 0 Å². The molecule has 0 saturated heterocycles. The van der Waals surface area contributed by atoms with Crippen molar-refractivity contribution in [3.8, 4) is 5.75 Å². The van der Waals surface area contributed by atoms with Crippen molar-refractivity contribution in [1.82, 2.24) is 4.57 Å². The minimum absolute atomic E-state index is 0.229. The maximum absolute atomic E-state index is 10.9. The van der Waals surface area contributed by atoms with Crippen LogP contribution >= 0.6 is 0 Å². The first-order chi connectivity index (χ1) is 8.08. The molecule has 0 aliphatic heterocycles. The smallest absolute Gasteiger partial charge is 0.352 e. The second kappa shape index (κ2) is 4.33. The first-order valence-corrected chi connectivity index (χ1v) is 5.23. The summed E-state index contributed by atoms with van der Waals surface area (Å²) in [5.74, 6) is -0.698. The average molecular weight is 231 g/mol. The molecular weight excluding hydrogens is 218 g/mol. The van der Waals surface area contributed by atoms with Gasteiger partial charge in [0.2, 0.25) is 0 Å². The first-order valence-electron chi connectivity index (χ1n) is 5.23. The van der Waals surface area contributed by atoms with E-state index in [1.54, 1.807) is 35.9 Å². The Morgan fingerprint density at radius 3 is 2.35 bits per heavy atom. The van der Waals surface area contributed by atoms with Crippen LogP contribution in [0.1, 0.15) is 21.7 Å². The first kappa shape index (κ1) is 11.3. The highest BCUT2D eigenvalue weighted by molar-refractivity contribution is 5.86. The van der Waals surface area contributed by atoms with Gasteiger partial charge in [0.15, 0.2) is 0 Å². The summed E-state index contributed by atoms with van der Waals surface area (Å²) in [5.41, 5.74) is 2.23. The number of hydrogen-bond donors (Lipinski definition) is 2. The molecule has 2 N–H and O–H groups in total. The highest BCUT2D eigenvalue weighted by Gasteiger charge is 2.10. The quantitative estimate of drug-likeness (QED) is 0.849. The van der Waals surface area contributed by atoms with Gasteiger partial charge in [-0.3, -0.25) is 0 Å². The van der Waals surface area contributed by atoms with Crippen molar-refractivity contribution in [2.75, 3.05) is 0 Å². The number of phenolic OH excluding ortho intramolecular Hbond substituents is 1. The molecule has 4 nitrogen and oxygen atoms in total. The van der Waals surface area contributed by atoms with Gasteiger partial charge in [-0.25, -0.2) is 4.79 Å². The third-order valence-corrected chi connectivity index (χ3v) is 2.77. The molecule has 0 spiro atoms. The number of phenols is 1. The van der Waals surface area contributed by atoms with Gasteiger partial charge in [0.1, 0.15) is 11.4 Å². The van der Waals surface area contributed by atoms with Crippen LogP contribution in [-0.2, 0) is 13.5 Å². The standard InChI is InChI=1S/C13H13NO3/c1-14-10(4-7-12(14)13(16)17)8-9-2-5-11(15)6-3-9/h2-7,15H,8H2,1H3,(H,16,17). The normalized spacial score (nSPS) is 10.4. The van der Waals surface area contributed by atoms with E-state index in [1.807, 2.05) is 12.1 Å². The number of nitrogens with zero attached hydrogens (tertiary/aromatic N) is 1. The molecule has 0 amide bonds. The Balaban J connectivity index is 2.24. The van der Waals surface area contributed by atoms with Crippen LogP contribution in [0, 0.1) is 0 Å². The maximum Gasteiger partial charge on any atom is 0.352 e. The maximum atomic E-state index is 10.9. The molecule has 0 fully saturated rings. The predicted molar refractivity (Wildman–Crippen MR) is 63.3 cm³/mol. The lowest BCUT2D eigenvalue weighted by atomic mass is 10.1. The molecule has 1 aromatic carbocycles. The average Bonchev–Trinajstić information content (AvgIpc) is 2.64. The molecular formula is C13H13NO3. The van der Waals surface area contributed by atoms with Crippen molar-refractivity contribution in [3.63, 3.8) is 0 Å². The molecule has 1 aromatic heterocycles. The van der Waals surface area contributed by atoms with Gasteiger partial charge in [-0.05, 0) is 29.8 Å². The van der Waals surface area contributed by atoms with Crippen LogP contribution in [0.25, 0.3) is 0 Å². The van der Waals surface area contributed by atoms with E-state index in [4.69, 9.17) is 5.11 Å². The SMILES string of the molecule is Cn1c(Cc2ccc(O)cc2)ccc1C(=O)O. The molecule has 0 saturated carbocycles. The van der Waals surface area contributed by atoms with Crippen molar-refractivity contribution in [3.05, 3.63) is 53.3 Å². The Kier molecular flexibility index (Phi) is 2.87. The van der Waals surface area contributed by atoms with E-state index >= 15 is 0 Å². The highest BCUT2D eigenvalue weighted by atomic mass is 16.4. The third-order valence-electron chi connectivity index (χ3n) is 2.77. The van der Waals surface area contributed by atoms with Gasteiger partial charge in [0.05, 0.1) is 0 Å². The van der Waals surface area contributed by atoms with Crippen LogP contribution in [0.2, 0.25) is 0 Å². The van der Waals surface area contributed by atoms with Crippen LogP contribution in [0.4, 0.5) is 0 Å². The summed E-state index contributed by atoms with van der Waals surface area (Å²) < 4.78 is 1.66. The predicted octanol–water partition coefficient (Wildman–Crippen LogP) is 2.02. The largest absolute Gasteiger partial charge is 0.508 e. The molecule has 0 aliphatic rings. The van der Waals surface area contributed by atoms with E-state index in [0.717, 1.165) is 11.3 Å². The van der Waals surface area contributed by atoms with Crippen molar-refractivity contribution < 1.29 is 15.0 Å². The number of aromatic hydroxyl groups is 1. The summed E-state index contributed by atoms with van der Waals surface area (Å²) in [6.07, 6.45) is 0.643. The van der Waals surface area contributed by atoms with E-state index in [2.05, 4.69) is 0 Å². The second-order valence-electron chi connectivity index (χ2n) is 3.92. The lowest BCUT2D eigenvalue weighted by Gasteiger charge is -2.05. The molecule has 88 valence electrons. The number of carboxylic acid groups (broad SMARTS) is 1. The number of rotatable bonds is 3. The summed E-state index contributed by atoms with van der Waals surface area (Å²) in [4.78, 5) is 10.9. The van der Waals surface area contributed by atoms with E-state index in [9.17, 15) is 9.90 Å². The topological polar surface area (TPSA) is 62.5 Å². The monoisotopic (exact) mass is 231 g/mol. The molecule has 0 aliphatic carbocycles. The second-order valence-corrected chi connectivity index (χ2v) is 3.92. The zero-order chi connectivity index (χ0) is 12.4. The van der Waals surface area contributed by atoms with E-state index < -0.39 is 5.97 Å². The van der Waals surface area contributed by atoms with Gasteiger partial charge >= 0.3 is 5.97 Å². The molecule has 1 heterocycles. The lowest BCUT2D eigenvalue weighted by Crippen LogP contribution is -2.07. The molecule has 0 radical (unpaired) electrons. The van der Waals surface area contributed by atoms with Gasteiger partial charge in [-0.2, -0.15) is 0 Å². The Hall–Kier alpha value is -2.23. The van der Waals surface area contributed by atoms with Gasteiger partial charge in [0, 0.05) is 19.2 Å². The highest BCUT2D eigenvalue weighted by Crippen LogP contribution is 2.15. The molecule has 0 atom stereocenters. The van der Waals surface area contributed by atoms with E-state index in [-0.39, 0.29) is 11.4 Å². The Bertz CT molecular complexity index is 540. The minimum Gasteiger partial charge on any atom is -0.508 e. The summed E-state index contributed by atoms with van der Waals surface area (Å²) in [5, 5.41) is 18.1. The van der Waals surface area contributed by atoms with E-state index in [1.165, 1.54) is 0 Å². The van der Waals surface area contributed by atoms with Crippen molar-refractivity contribution >= 4 is 5.97 Å². The number of hydrogen-bond acceptors (Lipinski definition) is 2. The fourth-order valence-corrected chi connectivity index (χ4v) is 1.77. The summed E-state index contributed by atoms with van der Waals surface area (Å²) in [6.45, 7) is 0. The lowest BCUT2D eigenvalue weighted by molar-refractivity contribution is 0.0686. The van der Waals surface area contributed by atoms with Crippen LogP contribution in [-0.4, -0.2) is 20.7 Å². The van der Waals surface area contributed by atoms with E-state index in [0.29, 0.717) is 6.42 Å². The molecule has 2 aromatic rings. The van der Waals surface area contributed by atoms with Gasteiger partial charge in [-0.1, -0.05) is 12.1 Å². The number of aromatic nitrogens is 1. The fourth-order valence-electron chi connectivity index (χ4n) is 1.77. The van der Waals surface area contributed by atoms with Gasteiger partial charge in [-0.15, -0.1) is 0 Å². The van der Waals surface area contributed by atoms with Crippen molar-refractivity contribution in [2.45, 2.75) is 6.42 Å². The molecule has 2 rings (SSSR count). The number of carbonyl (C=O) groups is 1. The zero-order valence-electron chi connectivity index (χ0n) is 9.42. The van der Waals surface area contributed by atoms with Crippen molar-refractivity contribution in [2.24, 2.45) is 7.05 Å². The number of aromatic carboxylic acids is 1. The molecule has 0 unspecified atom stereocenters. The summed E-state index contributed by atoms with van der Waals surface area (Å²) in [7, 11) is 1.74. The molecule has 4 heteroatoms. The molecule has 0 bridgehead atoms. The number of carboxylic acids is 1. The number of benzene rings is 1. The summed E-state index contributed by atoms with van der Waals surface area (Å²) >= 11 is 0. The van der Waals surface area contributed by atoms with Crippen LogP contribution in [0.15, 0.2) is 36.4 Å². The van der Waals surface area contributed by atoms with Crippen molar-refractivity contribution in [1.29, 1.82) is 0 Å². The van der Waals surface area contributed by atoms with Crippen LogP contribution < -0.4 is 0 Å². The minimum atomic E-state index is -0.926.